The molecule has 2 heterocycles. The number of hydrogen-bond acceptors (Lipinski definition) is 3. The van der Waals surface area contributed by atoms with Gasteiger partial charge in [-0.3, -0.25) is 4.79 Å². The Bertz CT molecular complexity index is 765. The van der Waals surface area contributed by atoms with E-state index >= 15 is 0 Å². The van der Waals surface area contributed by atoms with Crippen LogP contribution in [0.2, 0.25) is 0 Å². The molecule has 4 nitrogen and oxygen atoms in total. The van der Waals surface area contributed by atoms with Crippen molar-refractivity contribution in [2.45, 2.75) is 50.0 Å². The summed E-state index contributed by atoms with van der Waals surface area (Å²) in [5.41, 5.74) is 1.63. The van der Waals surface area contributed by atoms with Crippen LogP contribution in [0.25, 0.3) is 0 Å². The quantitative estimate of drug-likeness (QED) is 0.855. The lowest BCUT2D eigenvalue weighted by molar-refractivity contribution is -0.0873. The van der Waals surface area contributed by atoms with Gasteiger partial charge in [-0.15, -0.1) is 0 Å². The van der Waals surface area contributed by atoms with Crippen LogP contribution in [0.4, 0.5) is 0 Å². The monoisotopic (exact) mass is 322 g/mol. The molecule has 0 radical (unpaired) electrons. The molecule has 5 rings (SSSR count). The minimum atomic E-state index is -0.130. The molecule has 124 valence electrons. The number of benzene rings is 1. The zero-order chi connectivity index (χ0) is 16.1. The second-order valence-corrected chi connectivity index (χ2v) is 7.54. The van der Waals surface area contributed by atoms with Crippen LogP contribution in [0.3, 0.4) is 0 Å². The maximum absolute atomic E-state index is 13.1. The third-order valence-corrected chi connectivity index (χ3v) is 6.17. The molecule has 0 N–H and O–H groups in total. The largest absolute Gasteiger partial charge is 0.360 e. The molecule has 4 heteroatoms. The van der Waals surface area contributed by atoms with Gasteiger partial charge in [0.1, 0.15) is 5.76 Å². The number of rotatable bonds is 3. The van der Waals surface area contributed by atoms with Gasteiger partial charge in [0.25, 0.3) is 5.91 Å². The molecule has 2 aromatic rings. The number of carbonyl (C=O) groups excluding carboxylic acids is 1. The Hall–Kier alpha value is -2.10. The number of fused-ring (bicyclic) bond motifs is 1. The summed E-state index contributed by atoms with van der Waals surface area (Å²) >= 11 is 0. The van der Waals surface area contributed by atoms with E-state index in [0.29, 0.717) is 17.5 Å². The van der Waals surface area contributed by atoms with Crippen LogP contribution in [0.15, 0.2) is 40.9 Å². The maximum atomic E-state index is 13.1. The molecule has 0 unspecified atom stereocenters. The Morgan fingerprint density at radius 1 is 1.17 bits per heavy atom. The molecule has 3 fully saturated rings. The molecule has 1 aromatic carbocycles. The number of hydrogen-bond donors (Lipinski definition) is 0. The summed E-state index contributed by atoms with van der Waals surface area (Å²) in [6.07, 6.45) is 7.04. The summed E-state index contributed by atoms with van der Waals surface area (Å²) in [7, 11) is 0. The van der Waals surface area contributed by atoms with Crippen molar-refractivity contribution in [1.29, 1.82) is 0 Å². The lowest BCUT2D eigenvalue weighted by atomic mass is 9.61. The first-order valence-electron chi connectivity index (χ1n) is 9.13. The van der Waals surface area contributed by atoms with Gasteiger partial charge in [0.05, 0.1) is 5.54 Å². The van der Waals surface area contributed by atoms with Crippen LogP contribution in [0, 0.1) is 5.92 Å². The Labute approximate surface area is 141 Å². The summed E-state index contributed by atoms with van der Waals surface area (Å²) in [4.78, 5) is 15.2. The van der Waals surface area contributed by atoms with Crippen molar-refractivity contribution in [3.8, 4) is 0 Å². The molecule has 2 aliphatic carbocycles. The minimum absolute atomic E-state index is 0.0349. The van der Waals surface area contributed by atoms with Gasteiger partial charge in [0.15, 0.2) is 5.69 Å². The first-order valence-corrected chi connectivity index (χ1v) is 9.13. The standard InChI is InChI=1S/C20H22N2O2/c23-19(17-12-18(24-21-17)14-9-10-14)22-13-16-8-4-5-11-20(16,22)15-6-2-1-3-7-15/h1-3,6-7,12,14,16H,4-5,8-11,13H2/t16-,20-/m1/s1. The number of amides is 1. The van der Waals surface area contributed by atoms with E-state index in [2.05, 4.69) is 34.3 Å². The van der Waals surface area contributed by atoms with E-state index in [1.807, 2.05) is 12.1 Å². The van der Waals surface area contributed by atoms with Gasteiger partial charge in [0, 0.05) is 24.4 Å². The fraction of sp³-hybridized carbons (Fsp3) is 0.500. The van der Waals surface area contributed by atoms with E-state index in [0.717, 1.165) is 31.6 Å². The average Bonchev–Trinajstić information content (AvgIpc) is 3.34. The van der Waals surface area contributed by atoms with Gasteiger partial charge in [-0.25, -0.2) is 0 Å². The van der Waals surface area contributed by atoms with Crippen molar-refractivity contribution in [3.05, 3.63) is 53.4 Å². The van der Waals surface area contributed by atoms with Gasteiger partial charge in [0.2, 0.25) is 0 Å². The molecule has 3 aliphatic rings. The zero-order valence-electron chi connectivity index (χ0n) is 13.8. The first-order chi connectivity index (χ1) is 11.8. The molecule has 24 heavy (non-hydrogen) atoms. The fourth-order valence-electron chi connectivity index (χ4n) is 4.71. The van der Waals surface area contributed by atoms with Crippen molar-refractivity contribution in [1.82, 2.24) is 10.1 Å². The SMILES string of the molecule is O=C(c1cc(C2CC2)on1)N1C[C@H]2CCCC[C@@]21c1ccccc1. The lowest BCUT2D eigenvalue weighted by Gasteiger charge is -2.61. The Morgan fingerprint density at radius 3 is 2.75 bits per heavy atom. The van der Waals surface area contributed by atoms with Crippen molar-refractivity contribution >= 4 is 5.91 Å². The van der Waals surface area contributed by atoms with Gasteiger partial charge in [-0.05, 0) is 31.2 Å². The summed E-state index contributed by atoms with van der Waals surface area (Å²) < 4.78 is 5.41. The molecule has 1 saturated heterocycles. The summed E-state index contributed by atoms with van der Waals surface area (Å²) in [5, 5.41) is 4.08. The molecule has 1 aromatic heterocycles. The van der Waals surface area contributed by atoms with E-state index < -0.39 is 0 Å². The number of aromatic nitrogens is 1. The first kappa shape index (κ1) is 14.3. The van der Waals surface area contributed by atoms with Gasteiger partial charge >= 0.3 is 0 Å². The normalized spacial score (nSPS) is 29.0. The van der Waals surface area contributed by atoms with Crippen LogP contribution >= 0.6 is 0 Å². The van der Waals surface area contributed by atoms with E-state index in [1.165, 1.54) is 24.8 Å². The maximum Gasteiger partial charge on any atom is 0.276 e. The van der Waals surface area contributed by atoms with Crippen molar-refractivity contribution in [2.24, 2.45) is 5.92 Å². The molecule has 2 atom stereocenters. The third kappa shape index (κ3) is 1.98. The number of nitrogens with zero attached hydrogens (tertiary/aromatic N) is 2. The fourth-order valence-corrected chi connectivity index (χ4v) is 4.71. The highest BCUT2D eigenvalue weighted by Crippen LogP contribution is 2.54. The second kappa shape index (κ2) is 5.20. The van der Waals surface area contributed by atoms with Gasteiger partial charge < -0.3 is 9.42 Å². The molecule has 2 saturated carbocycles. The smallest absolute Gasteiger partial charge is 0.276 e. The summed E-state index contributed by atoms with van der Waals surface area (Å²) in [6.45, 7) is 0.847. The van der Waals surface area contributed by atoms with Crippen LogP contribution in [-0.4, -0.2) is 22.5 Å². The lowest BCUT2D eigenvalue weighted by Crippen LogP contribution is -2.67. The number of likely N-dealkylation sites (tertiary alicyclic amines) is 1. The molecule has 0 spiro atoms. The van der Waals surface area contributed by atoms with E-state index in [4.69, 9.17) is 4.52 Å². The average molecular weight is 322 g/mol. The molecule has 1 amide bonds. The van der Waals surface area contributed by atoms with Crippen LogP contribution in [-0.2, 0) is 5.54 Å². The van der Waals surface area contributed by atoms with E-state index in [9.17, 15) is 4.79 Å². The van der Waals surface area contributed by atoms with Crippen LogP contribution in [0.5, 0.6) is 0 Å². The van der Waals surface area contributed by atoms with Crippen LogP contribution < -0.4 is 0 Å². The number of carbonyl (C=O) groups is 1. The molecule has 1 aliphatic heterocycles. The van der Waals surface area contributed by atoms with Crippen molar-refractivity contribution in [2.75, 3.05) is 6.54 Å². The Balaban J connectivity index is 1.49. The molecule has 0 bridgehead atoms. The summed E-state index contributed by atoms with van der Waals surface area (Å²) in [5.74, 6) is 1.98. The van der Waals surface area contributed by atoms with Crippen molar-refractivity contribution in [3.63, 3.8) is 0 Å². The Morgan fingerprint density at radius 2 is 2.00 bits per heavy atom. The van der Waals surface area contributed by atoms with Crippen LogP contribution in [0.1, 0.15) is 66.3 Å². The topological polar surface area (TPSA) is 46.3 Å². The second-order valence-electron chi connectivity index (χ2n) is 7.54. The van der Waals surface area contributed by atoms with Gasteiger partial charge in [-0.2, -0.15) is 0 Å². The highest BCUT2D eigenvalue weighted by atomic mass is 16.5. The Kier molecular flexibility index (Phi) is 3.09. The minimum Gasteiger partial charge on any atom is -0.360 e. The molecular formula is C20H22N2O2. The summed E-state index contributed by atoms with van der Waals surface area (Å²) in [6, 6.07) is 12.4. The predicted octanol–water partition coefficient (Wildman–Crippen LogP) is 4.09. The molecular weight excluding hydrogens is 300 g/mol. The highest BCUT2D eigenvalue weighted by Gasteiger charge is 2.57. The van der Waals surface area contributed by atoms with E-state index in [-0.39, 0.29) is 11.4 Å². The third-order valence-electron chi connectivity index (χ3n) is 6.17. The van der Waals surface area contributed by atoms with Gasteiger partial charge in [-0.1, -0.05) is 48.3 Å². The van der Waals surface area contributed by atoms with E-state index in [1.54, 1.807) is 0 Å². The highest BCUT2D eigenvalue weighted by molar-refractivity contribution is 5.93. The zero-order valence-corrected chi connectivity index (χ0v) is 13.8. The predicted molar refractivity (Wildman–Crippen MR) is 89.6 cm³/mol. The van der Waals surface area contributed by atoms with Crippen molar-refractivity contribution < 1.29 is 9.32 Å².